The summed E-state index contributed by atoms with van der Waals surface area (Å²) in [6.45, 7) is 2.64. The molecule has 0 aliphatic heterocycles. The lowest BCUT2D eigenvalue weighted by atomic mass is 9.51. The normalized spacial score (nSPS) is 53.8. The van der Waals surface area contributed by atoms with Crippen LogP contribution in [0.1, 0.15) is 77.6 Å². The molecule has 0 nitrogen and oxygen atoms in total. The van der Waals surface area contributed by atoms with Crippen LogP contribution in [-0.2, 0) is 0 Å². The summed E-state index contributed by atoms with van der Waals surface area (Å²) < 4.78 is 0. The lowest BCUT2D eigenvalue weighted by Gasteiger charge is -2.54. The lowest BCUT2D eigenvalue weighted by molar-refractivity contribution is -0.0434. The van der Waals surface area contributed by atoms with E-state index in [9.17, 15) is 0 Å². The van der Waals surface area contributed by atoms with Gasteiger partial charge in [0, 0.05) is 0 Å². The molecule has 4 saturated carbocycles. The average Bonchev–Trinajstić information content (AvgIpc) is 2.46. The quantitative estimate of drug-likeness (QED) is 0.527. The van der Waals surface area contributed by atoms with Gasteiger partial charge in [0.05, 0.1) is 0 Å². The Morgan fingerprint density at radius 1 is 0.526 bits per heavy atom. The minimum atomic E-state index is 1.06. The van der Waals surface area contributed by atoms with Crippen LogP contribution >= 0.6 is 0 Å². The molecular weight excluding hydrogens is 228 g/mol. The third-order valence-electron chi connectivity index (χ3n) is 7.78. The Balaban J connectivity index is 1.52. The predicted molar refractivity (Wildman–Crippen MR) is 80.9 cm³/mol. The van der Waals surface area contributed by atoms with E-state index in [4.69, 9.17) is 0 Å². The van der Waals surface area contributed by atoms with Crippen LogP contribution in [0.5, 0.6) is 0 Å². The second kappa shape index (κ2) is 5.08. The summed E-state index contributed by atoms with van der Waals surface area (Å²) in [7, 11) is 0. The summed E-state index contributed by atoms with van der Waals surface area (Å²) in [4.78, 5) is 0. The molecule has 0 heterocycles. The molecule has 0 radical (unpaired) electrons. The Labute approximate surface area is 119 Å². The van der Waals surface area contributed by atoms with E-state index in [0.717, 1.165) is 41.4 Å². The van der Waals surface area contributed by atoms with Crippen molar-refractivity contribution in [2.45, 2.75) is 77.6 Å². The minimum Gasteiger partial charge on any atom is -0.0620 e. The molecule has 4 rings (SSSR count). The second-order valence-electron chi connectivity index (χ2n) is 8.50. The molecule has 0 amide bonds. The second-order valence-corrected chi connectivity index (χ2v) is 8.50. The summed E-state index contributed by atoms with van der Waals surface area (Å²) in [6, 6.07) is 0. The summed E-state index contributed by atoms with van der Waals surface area (Å²) in [5.74, 6) is 7.85. The summed E-state index contributed by atoms with van der Waals surface area (Å²) in [6.07, 6.45) is 17.3. The first-order valence-electron chi connectivity index (χ1n) is 9.33. The Kier molecular flexibility index (Phi) is 3.40. The van der Waals surface area contributed by atoms with Gasteiger partial charge in [0.25, 0.3) is 0 Å². The van der Waals surface area contributed by atoms with E-state index in [1.807, 2.05) is 0 Å². The Morgan fingerprint density at radius 2 is 1.11 bits per heavy atom. The van der Waals surface area contributed by atoms with Crippen LogP contribution < -0.4 is 0 Å². The van der Waals surface area contributed by atoms with Crippen LogP contribution in [0.15, 0.2) is 0 Å². The van der Waals surface area contributed by atoms with Gasteiger partial charge in [-0.05, 0) is 67.1 Å². The highest BCUT2D eigenvalue weighted by Crippen LogP contribution is 2.56. The Morgan fingerprint density at radius 3 is 1.89 bits per heavy atom. The molecule has 0 aromatic carbocycles. The van der Waals surface area contributed by atoms with Gasteiger partial charge in [-0.25, -0.2) is 0 Å². The molecule has 4 fully saturated rings. The van der Waals surface area contributed by atoms with Crippen LogP contribution in [0.25, 0.3) is 0 Å². The third kappa shape index (κ3) is 2.18. The Hall–Kier alpha value is 0. The van der Waals surface area contributed by atoms with E-state index in [1.165, 1.54) is 12.8 Å². The minimum absolute atomic E-state index is 1.06. The fourth-order valence-corrected chi connectivity index (χ4v) is 6.85. The number of hydrogen-bond acceptors (Lipinski definition) is 0. The van der Waals surface area contributed by atoms with Crippen molar-refractivity contribution in [2.75, 3.05) is 0 Å². The van der Waals surface area contributed by atoms with Crippen molar-refractivity contribution in [2.24, 2.45) is 41.4 Å². The maximum Gasteiger partial charge on any atom is -0.0354 e. The van der Waals surface area contributed by atoms with Crippen molar-refractivity contribution in [3.05, 3.63) is 0 Å². The molecule has 4 aliphatic rings. The summed E-state index contributed by atoms with van der Waals surface area (Å²) in [5, 5.41) is 0. The van der Waals surface area contributed by atoms with E-state index in [1.54, 1.807) is 57.8 Å². The van der Waals surface area contributed by atoms with E-state index < -0.39 is 0 Å². The first-order valence-corrected chi connectivity index (χ1v) is 9.33. The number of hydrogen-bond donors (Lipinski definition) is 0. The molecule has 0 heteroatoms. The zero-order valence-corrected chi connectivity index (χ0v) is 12.8. The van der Waals surface area contributed by atoms with E-state index in [0.29, 0.717) is 0 Å². The van der Waals surface area contributed by atoms with Gasteiger partial charge in [-0.1, -0.05) is 51.9 Å². The molecule has 0 N–H and O–H groups in total. The standard InChI is InChI=1S/C19H32/c1-13-18-9-5-4-8-16(18)11-17-10-14-6-2-3-7-15(14)12-19(13)17/h13-19H,2-12H2,1H3. The number of rotatable bonds is 0. The molecule has 7 unspecified atom stereocenters. The van der Waals surface area contributed by atoms with Crippen molar-refractivity contribution in [3.8, 4) is 0 Å². The molecule has 0 bridgehead atoms. The maximum atomic E-state index is 2.64. The zero-order valence-electron chi connectivity index (χ0n) is 12.8. The van der Waals surface area contributed by atoms with Crippen molar-refractivity contribution in [3.63, 3.8) is 0 Å². The van der Waals surface area contributed by atoms with Gasteiger partial charge in [0.2, 0.25) is 0 Å². The molecule has 0 aromatic heterocycles. The lowest BCUT2D eigenvalue weighted by Crippen LogP contribution is -2.45. The molecule has 7 atom stereocenters. The van der Waals surface area contributed by atoms with Gasteiger partial charge >= 0.3 is 0 Å². The van der Waals surface area contributed by atoms with Crippen molar-refractivity contribution in [1.82, 2.24) is 0 Å². The van der Waals surface area contributed by atoms with Crippen molar-refractivity contribution < 1.29 is 0 Å². The average molecular weight is 260 g/mol. The van der Waals surface area contributed by atoms with Crippen LogP contribution in [0, 0.1) is 41.4 Å². The van der Waals surface area contributed by atoms with Crippen LogP contribution in [-0.4, -0.2) is 0 Å². The van der Waals surface area contributed by atoms with E-state index in [-0.39, 0.29) is 0 Å². The summed E-state index contributed by atoms with van der Waals surface area (Å²) in [5.41, 5.74) is 0. The molecular formula is C19H32. The molecule has 4 aliphatic carbocycles. The monoisotopic (exact) mass is 260 g/mol. The van der Waals surface area contributed by atoms with Crippen LogP contribution in [0.3, 0.4) is 0 Å². The van der Waals surface area contributed by atoms with Gasteiger partial charge in [0.1, 0.15) is 0 Å². The van der Waals surface area contributed by atoms with Gasteiger partial charge in [0.15, 0.2) is 0 Å². The Bertz CT molecular complexity index is 318. The van der Waals surface area contributed by atoms with Crippen molar-refractivity contribution >= 4 is 0 Å². The van der Waals surface area contributed by atoms with Crippen molar-refractivity contribution in [1.29, 1.82) is 0 Å². The molecule has 0 saturated heterocycles. The fraction of sp³-hybridized carbons (Fsp3) is 1.00. The van der Waals surface area contributed by atoms with Gasteiger partial charge in [-0.2, -0.15) is 0 Å². The smallest absolute Gasteiger partial charge is 0.0354 e. The zero-order chi connectivity index (χ0) is 12.8. The topological polar surface area (TPSA) is 0 Å². The molecule has 108 valence electrons. The summed E-state index contributed by atoms with van der Waals surface area (Å²) >= 11 is 0. The number of fused-ring (bicyclic) bond motifs is 3. The van der Waals surface area contributed by atoms with E-state index >= 15 is 0 Å². The third-order valence-corrected chi connectivity index (χ3v) is 7.78. The SMILES string of the molecule is CC1C2CCCCC2CC2CC3CCCCC3CC21. The van der Waals surface area contributed by atoms with Gasteiger partial charge in [-0.3, -0.25) is 0 Å². The molecule has 0 aromatic rings. The predicted octanol–water partition coefficient (Wildman–Crippen LogP) is 5.67. The first kappa shape index (κ1) is 12.7. The van der Waals surface area contributed by atoms with E-state index in [2.05, 4.69) is 6.92 Å². The molecule has 0 spiro atoms. The first-order chi connectivity index (χ1) is 9.33. The van der Waals surface area contributed by atoms with Crippen LogP contribution in [0.4, 0.5) is 0 Å². The fourth-order valence-electron chi connectivity index (χ4n) is 6.85. The highest BCUT2D eigenvalue weighted by molar-refractivity contribution is 4.97. The maximum absolute atomic E-state index is 2.64. The molecule has 19 heavy (non-hydrogen) atoms. The van der Waals surface area contributed by atoms with Crippen LogP contribution in [0.2, 0.25) is 0 Å². The highest BCUT2D eigenvalue weighted by Gasteiger charge is 2.47. The van der Waals surface area contributed by atoms with Gasteiger partial charge in [-0.15, -0.1) is 0 Å². The highest BCUT2D eigenvalue weighted by atomic mass is 14.5. The largest absolute Gasteiger partial charge is 0.0620 e. The van der Waals surface area contributed by atoms with Gasteiger partial charge < -0.3 is 0 Å².